The molecule has 0 radical (unpaired) electrons. The van der Waals surface area contributed by atoms with E-state index in [-0.39, 0.29) is 18.0 Å². The van der Waals surface area contributed by atoms with Crippen molar-refractivity contribution >= 4 is 17.2 Å². The van der Waals surface area contributed by atoms with Crippen LogP contribution >= 0.6 is 0 Å². The first-order valence-electron chi connectivity index (χ1n) is 10.00. The van der Waals surface area contributed by atoms with Crippen molar-refractivity contribution in [2.45, 2.75) is 76.7 Å². The van der Waals surface area contributed by atoms with Crippen LogP contribution in [0.3, 0.4) is 0 Å². The first kappa shape index (κ1) is 20.6. The summed E-state index contributed by atoms with van der Waals surface area (Å²) in [6.07, 6.45) is 3.08. The van der Waals surface area contributed by atoms with Crippen molar-refractivity contribution in [1.29, 1.82) is 0 Å². The minimum atomic E-state index is -0.926. The fourth-order valence-electron chi connectivity index (χ4n) is 3.73. The Hall–Kier alpha value is -2.12. The number of carbonyl (C=O) groups is 1. The second-order valence-electron chi connectivity index (χ2n) is 8.73. The van der Waals surface area contributed by atoms with E-state index in [0.717, 1.165) is 31.2 Å². The van der Waals surface area contributed by atoms with Gasteiger partial charge in [-0.2, -0.15) is 0 Å². The van der Waals surface area contributed by atoms with Crippen molar-refractivity contribution in [1.82, 2.24) is 10.3 Å². The molecular weight excluding hydrogens is 358 g/mol. The topological polar surface area (TPSA) is 111 Å². The summed E-state index contributed by atoms with van der Waals surface area (Å²) in [6, 6.07) is 7.11. The smallest absolute Gasteiger partial charge is 0.407 e. The van der Waals surface area contributed by atoms with Crippen molar-refractivity contribution < 1.29 is 19.1 Å². The molecule has 0 bridgehead atoms. The summed E-state index contributed by atoms with van der Waals surface area (Å²) in [4.78, 5) is 16.2. The molecule has 154 valence electrons. The average Bonchev–Trinajstić information content (AvgIpc) is 3.05. The molecule has 7 heteroatoms. The van der Waals surface area contributed by atoms with E-state index >= 15 is 0 Å². The van der Waals surface area contributed by atoms with E-state index < -0.39 is 17.7 Å². The summed E-state index contributed by atoms with van der Waals surface area (Å²) >= 11 is 0. The molecule has 1 aliphatic carbocycles. The van der Waals surface area contributed by atoms with Crippen molar-refractivity contribution in [3.05, 3.63) is 30.2 Å². The molecule has 1 heterocycles. The van der Waals surface area contributed by atoms with Gasteiger partial charge in [0, 0.05) is 12.1 Å². The zero-order valence-electron chi connectivity index (χ0n) is 16.9. The number of nitrogens with zero attached hydrogens (tertiary/aromatic N) is 1. The minimum Gasteiger partial charge on any atom is -0.444 e. The number of hydrogen-bond acceptors (Lipinski definition) is 6. The number of aromatic nitrogens is 1. The lowest BCUT2D eigenvalue weighted by Crippen LogP contribution is -2.41. The molecular formula is C21H31N3O4. The van der Waals surface area contributed by atoms with Gasteiger partial charge in [0.05, 0.1) is 0 Å². The zero-order chi connectivity index (χ0) is 20.3. The van der Waals surface area contributed by atoms with Gasteiger partial charge in [-0.15, -0.1) is 0 Å². The summed E-state index contributed by atoms with van der Waals surface area (Å²) in [7, 11) is 0. The summed E-state index contributed by atoms with van der Waals surface area (Å²) in [5.41, 5.74) is 7.13. The van der Waals surface area contributed by atoms with Gasteiger partial charge in [-0.05, 0) is 70.9 Å². The van der Waals surface area contributed by atoms with Crippen LogP contribution in [0.4, 0.5) is 4.79 Å². The normalized spacial score (nSPS) is 22.6. The highest BCUT2D eigenvalue weighted by molar-refractivity contribution is 5.72. The second-order valence-corrected chi connectivity index (χ2v) is 8.73. The highest BCUT2D eigenvalue weighted by Gasteiger charge is 2.29. The van der Waals surface area contributed by atoms with E-state index in [1.54, 1.807) is 0 Å². The van der Waals surface area contributed by atoms with Crippen LogP contribution in [-0.2, 0) is 4.74 Å². The first-order valence-corrected chi connectivity index (χ1v) is 10.00. The Bertz CT molecular complexity index is 757. The Morgan fingerprint density at radius 1 is 1.32 bits per heavy atom. The molecule has 1 aliphatic rings. The molecule has 2 aromatic rings. The first-order chi connectivity index (χ1) is 13.2. The number of oxazole rings is 1. The number of aliphatic hydroxyl groups is 1. The van der Waals surface area contributed by atoms with Crippen LogP contribution in [0.15, 0.2) is 28.7 Å². The molecule has 1 saturated carbocycles. The Balaban J connectivity index is 1.46. The predicted octanol–water partition coefficient (Wildman–Crippen LogP) is 3.66. The number of ether oxygens (including phenoxy) is 1. The molecule has 7 nitrogen and oxygen atoms in total. The highest BCUT2D eigenvalue weighted by atomic mass is 16.6. The van der Waals surface area contributed by atoms with Crippen LogP contribution in [0, 0.1) is 5.92 Å². The molecule has 1 aromatic heterocycles. The Morgan fingerprint density at radius 3 is 2.64 bits per heavy atom. The number of nitrogens with two attached hydrogens (primary N) is 1. The highest BCUT2D eigenvalue weighted by Crippen LogP contribution is 2.31. The van der Waals surface area contributed by atoms with Crippen LogP contribution in [0.2, 0.25) is 0 Å². The lowest BCUT2D eigenvalue weighted by Gasteiger charge is -2.31. The van der Waals surface area contributed by atoms with E-state index in [0.29, 0.717) is 17.9 Å². The number of hydrogen-bond donors (Lipinski definition) is 3. The molecule has 2 atom stereocenters. The van der Waals surface area contributed by atoms with E-state index in [9.17, 15) is 9.90 Å². The number of benzene rings is 1. The van der Waals surface area contributed by atoms with Crippen molar-refractivity contribution in [2.24, 2.45) is 11.7 Å². The number of alkyl carbamates (subject to hydrolysis) is 1. The molecule has 28 heavy (non-hydrogen) atoms. The molecule has 4 N–H and O–H groups in total. The monoisotopic (exact) mass is 389 g/mol. The van der Waals surface area contributed by atoms with Gasteiger partial charge in [0.15, 0.2) is 5.58 Å². The maximum Gasteiger partial charge on any atom is 0.407 e. The number of aliphatic hydroxyl groups excluding tert-OH is 1. The zero-order valence-corrected chi connectivity index (χ0v) is 16.9. The maximum absolute atomic E-state index is 11.9. The summed E-state index contributed by atoms with van der Waals surface area (Å²) < 4.78 is 11.0. The largest absolute Gasteiger partial charge is 0.444 e. The molecule has 1 amide bonds. The summed E-state index contributed by atoms with van der Waals surface area (Å²) in [6.45, 7) is 5.56. The van der Waals surface area contributed by atoms with Crippen LogP contribution < -0.4 is 11.1 Å². The van der Waals surface area contributed by atoms with Crippen molar-refractivity contribution in [3.63, 3.8) is 0 Å². The van der Waals surface area contributed by atoms with E-state index in [2.05, 4.69) is 10.3 Å². The van der Waals surface area contributed by atoms with Crippen LogP contribution in [0.5, 0.6) is 0 Å². The quantitative estimate of drug-likeness (QED) is 0.720. The molecule has 1 fully saturated rings. The van der Waals surface area contributed by atoms with Gasteiger partial charge in [-0.3, -0.25) is 0 Å². The number of amides is 1. The van der Waals surface area contributed by atoms with Gasteiger partial charge in [0.1, 0.15) is 17.2 Å². The fourth-order valence-corrected chi connectivity index (χ4v) is 3.73. The van der Waals surface area contributed by atoms with Crippen LogP contribution in [0.1, 0.15) is 64.9 Å². The second kappa shape index (κ2) is 8.49. The molecule has 1 unspecified atom stereocenters. The SMILES string of the molecule is CC(C)(C)OC(=O)NC1CCC(C[C@H](N)C(O)c2nc3ccccc3o2)CC1. The van der Waals surface area contributed by atoms with Gasteiger partial charge in [0.2, 0.25) is 5.89 Å². The molecule has 0 spiro atoms. The van der Waals surface area contributed by atoms with E-state index in [1.165, 1.54) is 0 Å². The molecule has 3 rings (SSSR count). The summed E-state index contributed by atoms with van der Waals surface area (Å²) in [5, 5.41) is 13.5. The van der Waals surface area contributed by atoms with Crippen molar-refractivity contribution in [2.75, 3.05) is 0 Å². The lowest BCUT2D eigenvalue weighted by molar-refractivity contribution is 0.0483. The predicted molar refractivity (Wildman–Crippen MR) is 107 cm³/mol. The van der Waals surface area contributed by atoms with E-state index in [4.69, 9.17) is 14.9 Å². The van der Waals surface area contributed by atoms with Crippen LogP contribution in [-0.4, -0.2) is 33.9 Å². The Morgan fingerprint density at radius 2 is 2.00 bits per heavy atom. The third-order valence-corrected chi connectivity index (χ3v) is 5.14. The van der Waals surface area contributed by atoms with Gasteiger partial charge >= 0.3 is 6.09 Å². The number of fused-ring (bicyclic) bond motifs is 1. The number of para-hydroxylation sites is 2. The summed E-state index contributed by atoms with van der Waals surface area (Å²) in [5.74, 6) is 0.680. The number of nitrogens with one attached hydrogen (secondary N) is 1. The Labute approximate surface area is 165 Å². The third-order valence-electron chi connectivity index (χ3n) is 5.14. The number of carbonyl (C=O) groups excluding carboxylic acids is 1. The molecule has 1 aromatic carbocycles. The van der Waals surface area contributed by atoms with E-state index in [1.807, 2.05) is 45.0 Å². The van der Waals surface area contributed by atoms with Gasteiger partial charge in [-0.1, -0.05) is 12.1 Å². The maximum atomic E-state index is 11.9. The minimum absolute atomic E-state index is 0.129. The molecule has 0 saturated heterocycles. The van der Waals surface area contributed by atoms with Gasteiger partial charge < -0.3 is 25.3 Å². The lowest BCUT2D eigenvalue weighted by atomic mass is 9.81. The standard InChI is InChI=1S/C21H31N3O4/c1-21(2,3)28-20(26)23-14-10-8-13(9-11-14)12-15(22)18(25)19-24-16-6-4-5-7-17(16)27-19/h4-7,13-15,18,25H,8-12,22H2,1-3H3,(H,23,26)/t13?,14?,15-,18?/m0/s1. The third kappa shape index (κ3) is 5.45. The molecule has 0 aliphatic heterocycles. The van der Waals surface area contributed by atoms with Gasteiger partial charge in [-0.25, -0.2) is 9.78 Å². The van der Waals surface area contributed by atoms with Crippen LogP contribution in [0.25, 0.3) is 11.1 Å². The van der Waals surface area contributed by atoms with Gasteiger partial charge in [0.25, 0.3) is 0 Å². The average molecular weight is 389 g/mol. The Kier molecular flexibility index (Phi) is 6.25. The van der Waals surface area contributed by atoms with Crippen molar-refractivity contribution in [3.8, 4) is 0 Å². The number of rotatable bonds is 5. The fraction of sp³-hybridized carbons (Fsp3) is 0.619.